The number of nitrogens with zero attached hydrogens (tertiary/aromatic N) is 2. The third kappa shape index (κ3) is 2.64. The lowest BCUT2D eigenvalue weighted by Crippen LogP contribution is -2.27. The average Bonchev–Trinajstić information content (AvgIpc) is 2.77. The highest BCUT2D eigenvalue weighted by atomic mass is 19.1. The molecule has 18 heavy (non-hydrogen) atoms. The molecule has 1 atom stereocenters. The van der Waals surface area contributed by atoms with Crippen molar-refractivity contribution < 1.29 is 9.50 Å². The maximum absolute atomic E-state index is 13.1. The fourth-order valence-corrected chi connectivity index (χ4v) is 2.53. The first-order valence-corrected chi connectivity index (χ1v) is 6.42. The molecular formula is C14H21FN2O. The molecule has 1 fully saturated rings. The molecule has 0 aliphatic carbocycles. The highest BCUT2D eigenvalue weighted by molar-refractivity contribution is 5.47. The van der Waals surface area contributed by atoms with E-state index in [1.807, 2.05) is 0 Å². The largest absolute Gasteiger partial charge is 0.392 e. The molecule has 100 valence electrons. The predicted molar refractivity (Wildman–Crippen MR) is 69.9 cm³/mol. The molecule has 4 heteroatoms. The molecule has 2 rings (SSSR count). The van der Waals surface area contributed by atoms with Crippen molar-refractivity contribution in [3.8, 4) is 0 Å². The second kappa shape index (κ2) is 4.84. The Bertz CT molecular complexity index is 428. The van der Waals surface area contributed by atoms with Crippen molar-refractivity contribution in [1.82, 2.24) is 4.98 Å². The van der Waals surface area contributed by atoms with Crippen LogP contribution in [-0.4, -0.2) is 23.2 Å². The van der Waals surface area contributed by atoms with Crippen LogP contribution in [-0.2, 0) is 6.61 Å². The number of hydrogen-bond donors (Lipinski definition) is 1. The average molecular weight is 252 g/mol. The van der Waals surface area contributed by atoms with E-state index in [2.05, 4.69) is 30.7 Å². The molecule has 0 bridgehead atoms. The molecule has 1 aliphatic rings. The highest BCUT2D eigenvalue weighted by Crippen LogP contribution is 2.35. The van der Waals surface area contributed by atoms with Gasteiger partial charge >= 0.3 is 0 Å². The van der Waals surface area contributed by atoms with E-state index in [1.54, 1.807) is 0 Å². The molecule has 1 aromatic heterocycles. The third-order valence-corrected chi connectivity index (χ3v) is 3.79. The zero-order chi connectivity index (χ0) is 13.3. The lowest BCUT2D eigenvalue weighted by atomic mass is 9.80. The van der Waals surface area contributed by atoms with Gasteiger partial charge < -0.3 is 10.0 Å². The zero-order valence-electron chi connectivity index (χ0n) is 11.3. The second-order valence-electron chi connectivity index (χ2n) is 6.09. The van der Waals surface area contributed by atoms with Crippen molar-refractivity contribution in [3.05, 3.63) is 23.6 Å². The summed E-state index contributed by atoms with van der Waals surface area (Å²) in [4.78, 5) is 6.29. The lowest BCUT2D eigenvalue weighted by Gasteiger charge is -2.27. The number of aliphatic hydroxyl groups excluding tert-OH is 1. The Kier molecular flexibility index (Phi) is 3.57. The Morgan fingerprint density at radius 2 is 2.22 bits per heavy atom. The first-order valence-electron chi connectivity index (χ1n) is 6.42. The summed E-state index contributed by atoms with van der Waals surface area (Å²) in [7, 11) is 0. The molecule has 0 amide bonds. The van der Waals surface area contributed by atoms with Gasteiger partial charge in [0.2, 0.25) is 0 Å². The molecule has 0 saturated carbocycles. The van der Waals surface area contributed by atoms with Crippen LogP contribution < -0.4 is 4.90 Å². The summed E-state index contributed by atoms with van der Waals surface area (Å²) >= 11 is 0. The Balaban J connectivity index is 2.19. The summed E-state index contributed by atoms with van der Waals surface area (Å²) in [5.74, 6) is 0.941. The molecular weight excluding hydrogens is 231 g/mol. The molecule has 3 nitrogen and oxygen atoms in total. The van der Waals surface area contributed by atoms with Crippen molar-refractivity contribution in [2.24, 2.45) is 11.3 Å². The minimum absolute atomic E-state index is 0.170. The van der Waals surface area contributed by atoms with Gasteiger partial charge in [-0.15, -0.1) is 0 Å². The Morgan fingerprint density at radius 1 is 1.50 bits per heavy atom. The Hall–Kier alpha value is -1.16. The van der Waals surface area contributed by atoms with E-state index < -0.39 is 5.82 Å². The van der Waals surface area contributed by atoms with Crippen LogP contribution in [0.2, 0.25) is 0 Å². The van der Waals surface area contributed by atoms with E-state index in [0.29, 0.717) is 11.5 Å². The standard InChI is InChI=1S/C14H21FN2O/c1-14(2,3)11-4-5-17(8-11)13-10(9-18)6-12(15)7-16-13/h6-7,11,18H,4-5,8-9H2,1-3H3. The summed E-state index contributed by atoms with van der Waals surface area (Å²) < 4.78 is 13.1. The van der Waals surface area contributed by atoms with Crippen molar-refractivity contribution in [2.45, 2.75) is 33.8 Å². The Morgan fingerprint density at radius 3 is 2.78 bits per heavy atom. The number of rotatable bonds is 2. The van der Waals surface area contributed by atoms with E-state index in [0.717, 1.165) is 25.3 Å². The van der Waals surface area contributed by atoms with Gasteiger partial charge in [-0.1, -0.05) is 20.8 Å². The Labute approximate surface area is 108 Å². The summed E-state index contributed by atoms with van der Waals surface area (Å²) in [6.45, 7) is 8.41. The first-order chi connectivity index (χ1) is 8.41. The van der Waals surface area contributed by atoms with Gasteiger partial charge in [0.05, 0.1) is 12.8 Å². The van der Waals surface area contributed by atoms with Crippen LogP contribution in [0.5, 0.6) is 0 Å². The molecule has 1 aliphatic heterocycles. The van der Waals surface area contributed by atoms with E-state index in [9.17, 15) is 9.50 Å². The van der Waals surface area contributed by atoms with Crippen molar-refractivity contribution >= 4 is 5.82 Å². The zero-order valence-corrected chi connectivity index (χ0v) is 11.3. The van der Waals surface area contributed by atoms with Crippen LogP contribution in [0, 0.1) is 17.2 Å². The predicted octanol–water partition coefficient (Wildman–Crippen LogP) is 2.59. The molecule has 1 N–H and O–H groups in total. The van der Waals surface area contributed by atoms with E-state index in [4.69, 9.17) is 0 Å². The fraction of sp³-hybridized carbons (Fsp3) is 0.643. The smallest absolute Gasteiger partial charge is 0.142 e. The molecule has 0 spiro atoms. The van der Waals surface area contributed by atoms with Crippen LogP contribution in [0.15, 0.2) is 12.3 Å². The summed E-state index contributed by atoms with van der Waals surface area (Å²) in [5.41, 5.74) is 0.846. The number of aliphatic hydroxyl groups is 1. The first kappa shape index (κ1) is 13.3. The lowest BCUT2D eigenvalue weighted by molar-refractivity contribution is 0.263. The van der Waals surface area contributed by atoms with Gasteiger partial charge in [0, 0.05) is 18.7 Å². The number of pyridine rings is 1. The summed E-state index contributed by atoms with van der Waals surface area (Å²) in [5, 5.41) is 9.30. The second-order valence-corrected chi connectivity index (χ2v) is 6.09. The normalized spacial score (nSPS) is 20.5. The van der Waals surface area contributed by atoms with Crippen molar-refractivity contribution in [2.75, 3.05) is 18.0 Å². The number of aromatic nitrogens is 1. The van der Waals surface area contributed by atoms with Gasteiger partial charge in [0.1, 0.15) is 11.6 Å². The van der Waals surface area contributed by atoms with Gasteiger partial charge in [0.15, 0.2) is 0 Å². The summed E-state index contributed by atoms with van der Waals surface area (Å²) in [6.07, 6.45) is 2.34. The molecule has 2 heterocycles. The quantitative estimate of drug-likeness (QED) is 0.879. The maximum atomic E-state index is 13.1. The highest BCUT2D eigenvalue weighted by Gasteiger charge is 2.32. The minimum Gasteiger partial charge on any atom is -0.392 e. The molecule has 1 unspecified atom stereocenters. The molecule has 0 radical (unpaired) electrons. The van der Waals surface area contributed by atoms with Gasteiger partial charge in [-0.05, 0) is 23.8 Å². The number of hydrogen-bond acceptors (Lipinski definition) is 3. The van der Waals surface area contributed by atoms with E-state index in [1.165, 1.54) is 12.3 Å². The van der Waals surface area contributed by atoms with E-state index in [-0.39, 0.29) is 12.0 Å². The number of halogens is 1. The monoisotopic (exact) mass is 252 g/mol. The van der Waals surface area contributed by atoms with Gasteiger partial charge in [-0.3, -0.25) is 0 Å². The van der Waals surface area contributed by atoms with Crippen LogP contribution >= 0.6 is 0 Å². The van der Waals surface area contributed by atoms with Crippen LogP contribution in [0.25, 0.3) is 0 Å². The topological polar surface area (TPSA) is 36.4 Å². The van der Waals surface area contributed by atoms with Crippen molar-refractivity contribution in [1.29, 1.82) is 0 Å². The van der Waals surface area contributed by atoms with Crippen LogP contribution in [0.4, 0.5) is 10.2 Å². The molecule has 1 aromatic rings. The molecule has 1 saturated heterocycles. The third-order valence-electron chi connectivity index (χ3n) is 3.79. The van der Waals surface area contributed by atoms with Crippen LogP contribution in [0.3, 0.4) is 0 Å². The van der Waals surface area contributed by atoms with Gasteiger partial charge in [-0.2, -0.15) is 0 Å². The number of anilines is 1. The maximum Gasteiger partial charge on any atom is 0.142 e. The minimum atomic E-state index is -0.394. The fourth-order valence-electron chi connectivity index (χ4n) is 2.53. The van der Waals surface area contributed by atoms with Crippen LogP contribution in [0.1, 0.15) is 32.8 Å². The van der Waals surface area contributed by atoms with Gasteiger partial charge in [0.25, 0.3) is 0 Å². The summed E-state index contributed by atoms with van der Waals surface area (Å²) in [6, 6.07) is 1.37. The molecule has 0 aromatic carbocycles. The van der Waals surface area contributed by atoms with Crippen molar-refractivity contribution in [3.63, 3.8) is 0 Å². The SMILES string of the molecule is CC(C)(C)C1CCN(c2ncc(F)cc2CO)C1. The van der Waals surface area contributed by atoms with Gasteiger partial charge in [-0.25, -0.2) is 9.37 Å². The van der Waals surface area contributed by atoms with E-state index >= 15 is 0 Å².